The Morgan fingerprint density at radius 1 is 1.33 bits per heavy atom. The van der Waals surface area contributed by atoms with Gasteiger partial charge < -0.3 is 14.9 Å². The van der Waals surface area contributed by atoms with Crippen molar-refractivity contribution in [2.75, 3.05) is 0 Å². The molecule has 0 atom stereocenters. The van der Waals surface area contributed by atoms with E-state index in [1.807, 2.05) is 23.6 Å². The summed E-state index contributed by atoms with van der Waals surface area (Å²) in [6.07, 6.45) is 0. The molecule has 0 spiro atoms. The number of hydrogen-bond acceptors (Lipinski definition) is 6. The second-order valence-electron chi connectivity index (χ2n) is 3.51. The minimum absolute atomic E-state index is 0.160. The molecule has 0 saturated heterocycles. The second kappa shape index (κ2) is 4.34. The average molecular weight is 297 g/mol. The van der Waals surface area contributed by atoms with Gasteiger partial charge in [0.1, 0.15) is 0 Å². The van der Waals surface area contributed by atoms with Gasteiger partial charge in [-0.3, -0.25) is 0 Å². The first-order chi connectivity index (χ1) is 8.66. The first kappa shape index (κ1) is 11.6. The number of thiophene rings is 2. The molecule has 0 aliphatic carbocycles. The predicted molar refractivity (Wildman–Crippen MR) is 73.8 cm³/mol. The lowest BCUT2D eigenvalue weighted by molar-refractivity contribution is -0.132. The highest BCUT2D eigenvalue weighted by Gasteiger charge is 2.26. The molecule has 3 N–H and O–H groups in total. The summed E-state index contributed by atoms with van der Waals surface area (Å²) in [5, 5.41) is 20.9. The number of rotatable bonds is 2. The molecule has 4 nitrogen and oxygen atoms in total. The van der Waals surface area contributed by atoms with Crippen molar-refractivity contribution in [1.29, 1.82) is 0 Å². The molecule has 0 amide bonds. The third-order valence-corrected chi connectivity index (χ3v) is 5.58. The third-order valence-electron chi connectivity index (χ3n) is 2.39. The van der Waals surface area contributed by atoms with Gasteiger partial charge in [0.2, 0.25) is 0 Å². The second-order valence-corrected chi connectivity index (χ2v) is 6.36. The minimum atomic E-state index is -1.16. The van der Waals surface area contributed by atoms with Crippen molar-refractivity contribution in [3.05, 3.63) is 34.2 Å². The molecule has 3 heterocycles. The predicted octanol–water partition coefficient (Wildman–Crippen LogP) is 3.40. The number of carbonyl (C=O) groups is 1. The Morgan fingerprint density at radius 2 is 2.17 bits per heavy atom. The van der Waals surface area contributed by atoms with Crippen LogP contribution in [0.15, 0.2) is 34.2 Å². The Morgan fingerprint density at radius 3 is 2.83 bits per heavy atom. The van der Waals surface area contributed by atoms with Crippen LogP contribution in [0.5, 0.6) is 0 Å². The molecule has 0 saturated carbocycles. The molecule has 3 rings (SSSR count). The van der Waals surface area contributed by atoms with Crippen LogP contribution < -0.4 is 4.72 Å². The number of aliphatic hydroxyl groups is 1. The molecule has 0 bridgehead atoms. The fourth-order valence-electron chi connectivity index (χ4n) is 1.57. The van der Waals surface area contributed by atoms with E-state index in [0.29, 0.717) is 4.88 Å². The van der Waals surface area contributed by atoms with Crippen LogP contribution in [0.2, 0.25) is 0 Å². The third kappa shape index (κ3) is 1.80. The van der Waals surface area contributed by atoms with E-state index in [0.717, 1.165) is 14.6 Å². The Balaban J connectivity index is 2.10. The Hall–Kier alpha value is -1.44. The zero-order valence-electron chi connectivity index (χ0n) is 8.84. The summed E-state index contributed by atoms with van der Waals surface area (Å²) in [5.41, 5.74) is -0.160. The average Bonchev–Trinajstić information content (AvgIpc) is 2.97. The normalized spacial score (nSPS) is 14.2. The molecule has 0 fully saturated rings. The smallest absolute Gasteiger partial charge is 0.356 e. The highest BCUT2D eigenvalue weighted by molar-refractivity contribution is 7.97. The molecule has 1 aliphatic heterocycles. The van der Waals surface area contributed by atoms with E-state index in [4.69, 9.17) is 5.11 Å². The highest BCUT2D eigenvalue weighted by atomic mass is 32.2. The monoisotopic (exact) mass is 297 g/mol. The van der Waals surface area contributed by atoms with E-state index in [2.05, 4.69) is 4.72 Å². The van der Waals surface area contributed by atoms with Crippen molar-refractivity contribution in [1.82, 2.24) is 4.72 Å². The van der Waals surface area contributed by atoms with Crippen molar-refractivity contribution in [3.63, 3.8) is 0 Å². The van der Waals surface area contributed by atoms with Crippen LogP contribution in [0, 0.1) is 0 Å². The molecule has 0 radical (unpaired) electrons. The maximum atomic E-state index is 10.9. The molecule has 0 aromatic carbocycles. The van der Waals surface area contributed by atoms with Crippen molar-refractivity contribution >= 4 is 46.3 Å². The Bertz CT molecular complexity index is 643. The van der Waals surface area contributed by atoms with E-state index in [9.17, 15) is 9.90 Å². The molecular weight excluding hydrogens is 290 g/mol. The molecule has 1 aliphatic rings. The first-order valence-corrected chi connectivity index (χ1v) is 7.45. The standard InChI is InChI=1S/C11H7NO3S3/c13-9-8(11(14)15)12-18-7-4-6(17-10(7)9)5-2-1-3-16-5/h1-4,12-13H,(H,14,15). The van der Waals surface area contributed by atoms with Gasteiger partial charge in [-0.1, -0.05) is 6.07 Å². The van der Waals surface area contributed by atoms with E-state index >= 15 is 0 Å². The van der Waals surface area contributed by atoms with Gasteiger partial charge in [0.15, 0.2) is 11.5 Å². The maximum absolute atomic E-state index is 10.9. The van der Waals surface area contributed by atoms with Crippen molar-refractivity contribution < 1.29 is 15.0 Å². The molecule has 18 heavy (non-hydrogen) atoms. The lowest BCUT2D eigenvalue weighted by Gasteiger charge is -2.13. The minimum Gasteiger partial charge on any atom is -0.504 e. The van der Waals surface area contributed by atoms with Gasteiger partial charge in [-0.25, -0.2) is 4.79 Å². The van der Waals surface area contributed by atoms with Crippen LogP contribution in [-0.4, -0.2) is 16.2 Å². The molecule has 2 aromatic heterocycles. The maximum Gasteiger partial charge on any atom is 0.356 e. The highest BCUT2D eigenvalue weighted by Crippen LogP contribution is 2.43. The van der Waals surface area contributed by atoms with Gasteiger partial charge >= 0.3 is 5.97 Å². The van der Waals surface area contributed by atoms with Gasteiger partial charge in [-0.05, 0) is 29.5 Å². The molecule has 92 valence electrons. The van der Waals surface area contributed by atoms with Crippen molar-refractivity contribution in [3.8, 4) is 9.75 Å². The van der Waals surface area contributed by atoms with E-state index in [1.165, 1.54) is 23.3 Å². The van der Waals surface area contributed by atoms with Gasteiger partial charge in [-0.2, -0.15) is 0 Å². The lowest BCUT2D eigenvalue weighted by atomic mass is 10.3. The zero-order chi connectivity index (χ0) is 12.7. The lowest BCUT2D eigenvalue weighted by Crippen LogP contribution is -2.18. The molecule has 0 unspecified atom stereocenters. The van der Waals surface area contributed by atoms with E-state index in [1.54, 1.807) is 11.3 Å². The van der Waals surface area contributed by atoms with E-state index in [-0.39, 0.29) is 11.5 Å². The van der Waals surface area contributed by atoms with Gasteiger partial charge in [-0.15, -0.1) is 22.7 Å². The Labute approximate surface area is 115 Å². The summed E-state index contributed by atoms with van der Waals surface area (Å²) < 4.78 is 2.64. The number of nitrogens with one attached hydrogen (secondary N) is 1. The number of aliphatic carboxylic acids is 1. The molecule has 7 heteroatoms. The number of hydrogen-bond donors (Lipinski definition) is 3. The summed E-state index contributed by atoms with van der Waals surface area (Å²) in [5.74, 6) is -1.35. The first-order valence-electron chi connectivity index (χ1n) is 4.94. The SMILES string of the molecule is O=C(O)C1=C(O)c2sc(-c3cccs3)cc2SN1. The van der Waals surface area contributed by atoms with Crippen LogP contribution in [-0.2, 0) is 4.79 Å². The van der Waals surface area contributed by atoms with Crippen LogP contribution in [0.1, 0.15) is 4.88 Å². The van der Waals surface area contributed by atoms with Crippen LogP contribution in [0.3, 0.4) is 0 Å². The van der Waals surface area contributed by atoms with E-state index < -0.39 is 5.97 Å². The number of fused-ring (bicyclic) bond motifs is 1. The number of carboxylic acids is 1. The van der Waals surface area contributed by atoms with Crippen molar-refractivity contribution in [2.45, 2.75) is 4.90 Å². The fourth-order valence-corrected chi connectivity index (χ4v) is 4.48. The summed E-state index contributed by atoms with van der Waals surface area (Å²) in [6.45, 7) is 0. The zero-order valence-corrected chi connectivity index (χ0v) is 11.3. The van der Waals surface area contributed by atoms with Crippen LogP contribution >= 0.6 is 34.6 Å². The van der Waals surface area contributed by atoms with Gasteiger partial charge in [0.25, 0.3) is 0 Å². The summed E-state index contributed by atoms with van der Waals surface area (Å²) >= 11 is 4.23. The molecular formula is C11H7NO3S3. The van der Waals surface area contributed by atoms with Crippen molar-refractivity contribution in [2.24, 2.45) is 0 Å². The Kier molecular flexibility index (Phi) is 2.81. The topological polar surface area (TPSA) is 69.6 Å². The van der Waals surface area contributed by atoms with Gasteiger partial charge in [0.05, 0.1) is 9.77 Å². The number of carboxylic acid groups (broad SMARTS) is 1. The van der Waals surface area contributed by atoms with Crippen LogP contribution in [0.25, 0.3) is 15.5 Å². The summed E-state index contributed by atoms with van der Waals surface area (Å²) in [4.78, 5) is 14.5. The fraction of sp³-hybridized carbons (Fsp3) is 0. The largest absolute Gasteiger partial charge is 0.504 e. The van der Waals surface area contributed by atoms with Gasteiger partial charge in [0, 0.05) is 9.75 Å². The molecule has 2 aromatic rings. The van der Waals surface area contributed by atoms with Crippen LogP contribution in [0.4, 0.5) is 0 Å². The summed E-state index contributed by atoms with van der Waals surface area (Å²) in [6, 6.07) is 5.92. The number of aliphatic hydroxyl groups excluding tert-OH is 1. The quantitative estimate of drug-likeness (QED) is 0.741. The summed E-state index contributed by atoms with van der Waals surface area (Å²) in [7, 11) is 0.